The summed E-state index contributed by atoms with van der Waals surface area (Å²) in [6, 6.07) is 0. The third-order valence-corrected chi connectivity index (χ3v) is 3.19. The summed E-state index contributed by atoms with van der Waals surface area (Å²) in [5.74, 6) is -0.648. The van der Waals surface area contributed by atoms with Gasteiger partial charge in [-0.25, -0.2) is 0 Å². The monoisotopic (exact) mass is 231 g/mol. The van der Waals surface area contributed by atoms with Gasteiger partial charge in [0, 0.05) is 26.2 Å². The van der Waals surface area contributed by atoms with E-state index in [4.69, 9.17) is 14.2 Å². The Morgan fingerprint density at radius 1 is 1.06 bits per heavy atom. The molecule has 0 aliphatic carbocycles. The molecule has 2 atom stereocenters. The van der Waals surface area contributed by atoms with Crippen LogP contribution in [0.25, 0.3) is 0 Å². The van der Waals surface area contributed by atoms with Crippen LogP contribution < -0.4 is 5.32 Å². The fraction of sp³-hybridized carbons (Fsp3) is 1.00. The maximum atomic E-state index is 5.92. The number of nitrogens with one attached hydrogen (secondary N) is 1. The van der Waals surface area contributed by atoms with E-state index in [-0.39, 0.29) is 0 Å². The van der Waals surface area contributed by atoms with Crippen LogP contribution in [0.5, 0.6) is 0 Å². The van der Waals surface area contributed by atoms with Crippen molar-refractivity contribution in [3.05, 3.63) is 0 Å². The summed E-state index contributed by atoms with van der Waals surface area (Å²) in [6.07, 6.45) is 1.61. The molecule has 96 valence electrons. The van der Waals surface area contributed by atoms with Gasteiger partial charge in [-0.15, -0.1) is 0 Å². The fourth-order valence-electron chi connectivity index (χ4n) is 2.50. The standard InChI is InChI=1S/C12H25NO3/c1-5-11(14-7-3)12(6-2,15-8-4)16-10-9-13-11/h13H,5-10H2,1-4H3. The van der Waals surface area contributed by atoms with Crippen LogP contribution in [-0.4, -0.2) is 37.9 Å². The minimum absolute atomic E-state index is 0.509. The molecular formula is C12H25NO3. The highest BCUT2D eigenvalue weighted by Gasteiger charge is 2.54. The fourth-order valence-corrected chi connectivity index (χ4v) is 2.50. The minimum atomic E-state index is -0.648. The van der Waals surface area contributed by atoms with Crippen LogP contribution in [0.4, 0.5) is 0 Å². The van der Waals surface area contributed by atoms with Crippen molar-refractivity contribution in [2.75, 3.05) is 26.4 Å². The highest BCUT2D eigenvalue weighted by Crippen LogP contribution is 2.37. The van der Waals surface area contributed by atoms with Crippen LogP contribution >= 0.6 is 0 Å². The Bertz CT molecular complexity index is 182. The summed E-state index contributed by atoms with van der Waals surface area (Å²) in [5.41, 5.74) is -0.509. The maximum Gasteiger partial charge on any atom is 0.211 e. The highest BCUT2D eigenvalue weighted by atomic mass is 16.7. The van der Waals surface area contributed by atoms with Crippen LogP contribution in [0.2, 0.25) is 0 Å². The number of hydrogen-bond acceptors (Lipinski definition) is 4. The number of hydrogen-bond donors (Lipinski definition) is 1. The summed E-state index contributed by atoms with van der Waals surface area (Å²) >= 11 is 0. The largest absolute Gasteiger partial charge is 0.355 e. The lowest BCUT2D eigenvalue weighted by atomic mass is 9.94. The quantitative estimate of drug-likeness (QED) is 0.758. The first kappa shape index (κ1) is 13.9. The van der Waals surface area contributed by atoms with Crippen LogP contribution in [0, 0.1) is 0 Å². The Hall–Kier alpha value is -0.160. The molecule has 0 aromatic heterocycles. The van der Waals surface area contributed by atoms with Crippen molar-refractivity contribution in [2.24, 2.45) is 0 Å². The van der Waals surface area contributed by atoms with Crippen LogP contribution in [0.1, 0.15) is 40.5 Å². The van der Waals surface area contributed by atoms with E-state index >= 15 is 0 Å². The predicted molar refractivity (Wildman–Crippen MR) is 63.3 cm³/mol. The highest BCUT2D eigenvalue weighted by molar-refractivity contribution is 4.95. The average Bonchev–Trinajstić information content (AvgIpc) is 2.32. The third-order valence-electron chi connectivity index (χ3n) is 3.19. The van der Waals surface area contributed by atoms with Gasteiger partial charge in [0.1, 0.15) is 0 Å². The second kappa shape index (κ2) is 5.96. The topological polar surface area (TPSA) is 39.7 Å². The summed E-state index contributed by atoms with van der Waals surface area (Å²) in [4.78, 5) is 0. The summed E-state index contributed by atoms with van der Waals surface area (Å²) in [7, 11) is 0. The lowest BCUT2D eigenvalue weighted by molar-refractivity contribution is -0.358. The van der Waals surface area contributed by atoms with Gasteiger partial charge in [0.25, 0.3) is 0 Å². The van der Waals surface area contributed by atoms with Crippen molar-refractivity contribution in [1.82, 2.24) is 5.32 Å². The van der Waals surface area contributed by atoms with Gasteiger partial charge in [-0.1, -0.05) is 13.8 Å². The molecule has 1 fully saturated rings. The van der Waals surface area contributed by atoms with E-state index in [0.717, 1.165) is 19.4 Å². The van der Waals surface area contributed by atoms with E-state index in [1.54, 1.807) is 0 Å². The molecule has 0 radical (unpaired) electrons. The second-order valence-corrected chi connectivity index (χ2v) is 3.93. The van der Waals surface area contributed by atoms with E-state index < -0.39 is 11.5 Å². The molecular weight excluding hydrogens is 206 g/mol. The molecule has 4 nitrogen and oxygen atoms in total. The maximum absolute atomic E-state index is 5.92. The van der Waals surface area contributed by atoms with Crippen molar-refractivity contribution in [1.29, 1.82) is 0 Å². The minimum Gasteiger partial charge on any atom is -0.355 e. The van der Waals surface area contributed by atoms with Crippen molar-refractivity contribution >= 4 is 0 Å². The SMILES string of the molecule is CCOC1(CC)NCCOC1(CC)OCC. The lowest BCUT2D eigenvalue weighted by Crippen LogP contribution is -2.70. The molecule has 0 saturated carbocycles. The molecule has 1 N–H and O–H groups in total. The zero-order valence-corrected chi connectivity index (χ0v) is 11.0. The van der Waals surface area contributed by atoms with Crippen molar-refractivity contribution in [2.45, 2.75) is 52.0 Å². The Morgan fingerprint density at radius 3 is 2.25 bits per heavy atom. The van der Waals surface area contributed by atoms with Crippen LogP contribution in [0.3, 0.4) is 0 Å². The molecule has 1 rings (SSSR count). The number of morpholine rings is 1. The number of rotatable bonds is 6. The van der Waals surface area contributed by atoms with Gasteiger partial charge in [0.05, 0.1) is 6.61 Å². The molecule has 1 aliphatic rings. The molecule has 0 spiro atoms. The smallest absolute Gasteiger partial charge is 0.211 e. The van der Waals surface area contributed by atoms with Gasteiger partial charge >= 0.3 is 0 Å². The third kappa shape index (κ3) is 2.25. The van der Waals surface area contributed by atoms with E-state index in [1.807, 2.05) is 13.8 Å². The molecule has 0 aromatic carbocycles. The summed E-state index contributed by atoms with van der Waals surface area (Å²) < 4.78 is 17.7. The average molecular weight is 231 g/mol. The zero-order valence-electron chi connectivity index (χ0n) is 11.0. The van der Waals surface area contributed by atoms with Gasteiger partial charge < -0.3 is 14.2 Å². The van der Waals surface area contributed by atoms with Crippen molar-refractivity contribution < 1.29 is 14.2 Å². The Kier molecular flexibility index (Phi) is 5.18. The Balaban J connectivity index is 2.96. The second-order valence-electron chi connectivity index (χ2n) is 3.93. The van der Waals surface area contributed by atoms with Crippen molar-refractivity contribution in [3.8, 4) is 0 Å². The molecule has 0 aromatic rings. The predicted octanol–water partition coefficient (Wildman–Crippen LogP) is 1.89. The molecule has 2 unspecified atom stereocenters. The first-order valence-electron chi connectivity index (χ1n) is 6.37. The summed E-state index contributed by atoms with van der Waals surface area (Å²) in [5, 5.41) is 3.44. The molecule has 1 heterocycles. The summed E-state index contributed by atoms with van der Waals surface area (Å²) in [6.45, 7) is 10.9. The van der Waals surface area contributed by atoms with Crippen LogP contribution in [0.15, 0.2) is 0 Å². The van der Waals surface area contributed by atoms with Gasteiger partial charge in [-0.05, 0) is 20.3 Å². The van der Waals surface area contributed by atoms with Gasteiger partial charge in [0.2, 0.25) is 5.79 Å². The molecule has 1 aliphatic heterocycles. The van der Waals surface area contributed by atoms with E-state index in [1.165, 1.54) is 0 Å². The van der Waals surface area contributed by atoms with Crippen LogP contribution in [-0.2, 0) is 14.2 Å². The van der Waals surface area contributed by atoms with Gasteiger partial charge in [-0.2, -0.15) is 0 Å². The Labute approximate surface area is 98.6 Å². The first-order chi connectivity index (χ1) is 7.70. The first-order valence-corrected chi connectivity index (χ1v) is 6.37. The molecule has 0 bridgehead atoms. The Morgan fingerprint density at radius 2 is 1.75 bits per heavy atom. The zero-order chi connectivity index (χ0) is 12.1. The lowest BCUT2D eigenvalue weighted by Gasteiger charge is -2.51. The van der Waals surface area contributed by atoms with E-state index in [2.05, 4.69) is 19.2 Å². The normalized spacial score (nSPS) is 35.2. The van der Waals surface area contributed by atoms with Gasteiger partial charge in [-0.3, -0.25) is 5.32 Å². The molecule has 4 heteroatoms. The van der Waals surface area contributed by atoms with E-state index in [0.29, 0.717) is 19.8 Å². The van der Waals surface area contributed by atoms with Crippen molar-refractivity contribution in [3.63, 3.8) is 0 Å². The number of ether oxygens (including phenoxy) is 3. The molecule has 16 heavy (non-hydrogen) atoms. The van der Waals surface area contributed by atoms with Gasteiger partial charge in [0.15, 0.2) is 5.72 Å². The molecule has 1 saturated heterocycles. The van der Waals surface area contributed by atoms with E-state index in [9.17, 15) is 0 Å². The molecule has 0 amide bonds.